The Labute approximate surface area is 247 Å². The van der Waals surface area contributed by atoms with Crippen molar-refractivity contribution in [1.29, 1.82) is 0 Å². The summed E-state index contributed by atoms with van der Waals surface area (Å²) in [7, 11) is 0. The first-order valence-corrected chi connectivity index (χ1v) is 14.9. The Morgan fingerprint density at radius 2 is 0.786 bits per heavy atom. The summed E-state index contributed by atoms with van der Waals surface area (Å²) in [6.45, 7) is 6.41. The van der Waals surface area contributed by atoms with Crippen molar-refractivity contribution in [3.8, 4) is 22.5 Å². The van der Waals surface area contributed by atoms with E-state index in [-0.39, 0.29) is 0 Å². The lowest BCUT2D eigenvalue weighted by molar-refractivity contribution is 1.09. The number of aromatic nitrogens is 2. The molecular weight excluding hydrogens is 508 g/mol. The van der Waals surface area contributed by atoms with Gasteiger partial charge in [0.05, 0.1) is 22.1 Å². The Hall–Kier alpha value is -5.08. The van der Waals surface area contributed by atoms with Crippen LogP contribution in [0.15, 0.2) is 140 Å². The van der Waals surface area contributed by atoms with E-state index >= 15 is 0 Å². The molecule has 2 heteroatoms. The first-order chi connectivity index (χ1) is 20.7. The van der Waals surface area contributed by atoms with E-state index in [9.17, 15) is 0 Å². The molecule has 0 saturated carbocycles. The van der Waals surface area contributed by atoms with Crippen molar-refractivity contribution in [3.63, 3.8) is 0 Å². The molecule has 0 aliphatic rings. The van der Waals surface area contributed by atoms with E-state index in [0.717, 1.165) is 11.4 Å². The van der Waals surface area contributed by atoms with E-state index in [0.29, 0.717) is 0 Å². The van der Waals surface area contributed by atoms with Crippen LogP contribution in [0.5, 0.6) is 0 Å². The van der Waals surface area contributed by atoms with Crippen molar-refractivity contribution < 1.29 is 0 Å². The summed E-state index contributed by atoms with van der Waals surface area (Å²) in [6.07, 6.45) is 1.25. The maximum absolute atomic E-state index is 2.42. The van der Waals surface area contributed by atoms with Gasteiger partial charge in [0.25, 0.3) is 0 Å². The molecule has 0 N–H and O–H groups in total. The van der Waals surface area contributed by atoms with Gasteiger partial charge in [0.15, 0.2) is 0 Å². The molecule has 0 bridgehead atoms. The first kappa shape index (κ1) is 25.9. The number of nitrogens with zero attached hydrogens (tertiary/aromatic N) is 2. The van der Waals surface area contributed by atoms with Gasteiger partial charge >= 0.3 is 0 Å². The number of hydrogen-bond acceptors (Lipinski definition) is 0. The molecule has 0 radical (unpaired) electrons. The number of para-hydroxylation sites is 4. The second-order valence-electron chi connectivity index (χ2n) is 11.1. The number of benzene rings is 6. The van der Waals surface area contributed by atoms with Crippen LogP contribution in [0, 0.1) is 6.92 Å². The highest BCUT2D eigenvalue weighted by Crippen LogP contribution is 2.37. The van der Waals surface area contributed by atoms with Gasteiger partial charge < -0.3 is 9.13 Å². The summed E-state index contributed by atoms with van der Waals surface area (Å²) in [5.74, 6) is 0. The zero-order valence-electron chi connectivity index (χ0n) is 24.4. The molecule has 8 aromatic rings. The summed E-state index contributed by atoms with van der Waals surface area (Å²) in [4.78, 5) is 0. The molecule has 0 fully saturated rings. The van der Waals surface area contributed by atoms with Crippen molar-refractivity contribution >= 4 is 43.6 Å². The van der Waals surface area contributed by atoms with Crippen molar-refractivity contribution in [2.45, 2.75) is 27.2 Å². The molecule has 42 heavy (non-hydrogen) atoms. The van der Waals surface area contributed by atoms with E-state index in [2.05, 4.69) is 169 Å². The number of rotatable bonds is 3. The molecule has 0 saturated heterocycles. The van der Waals surface area contributed by atoms with E-state index < -0.39 is 0 Å². The lowest BCUT2D eigenvalue weighted by Crippen LogP contribution is -2.00. The van der Waals surface area contributed by atoms with Crippen molar-refractivity contribution in [2.24, 2.45) is 0 Å². The second kappa shape index (κ2) is 10.7. The van der Waals surface area contributed by atoms with Crippen LogP contribution < -0.4 is 0 Å². The molecule has 0 amide bonds. The third-order valence-corrected chi connectivity index (χ3v) is 7.93. The topological polar surface area (TPSA) is 9.86 Å². The number of aryl methyl sites for hydroxylation is 1. The molecule has 2 heterocycles. The average Bonchev–Trinajstić information content (AvgIpc) is 3.55. The Bertz CT molecular complexity index is 1970. The quantitative estimate of drug-likeness (QED) is 0.210. The minimum absolute atomic E-state index is 1.16. The zero-order chi connectivity index (χ0) is 28.6. The van der Waals surface area contributed by atoms with Gasteiger partial charge in [0, 0.05) is 32.9 Å². The van der Waals surface area contributed by atoms with Crippen LogP contribution in [0.25, 0.3) is 66.1 Å². The van der Waals surface area contributed by atoms with E-state index in [1.807, 2.05) is 0 Å². The fourth-order valence-electron chi connectivity index (χ4n) is 6.25. The molecule has 0 aliphatic carbocycles. The average molecular weight is 543 g/mol. The Morgan fingerprint density at radius 1 is 0.405 bits per heavy atom. The molecular formula is C40H34N2. The minimum Gasteiger partial charge on any atom is -0.309 e. The van der Waals surface area contributed by atoms with E-state index in [1.54, 1.807) is 0 Å². The lowest BCUT2D eigenvalue weighted by atomic mass is 10.0. The molecule has 6 aromatic carbocycles. The van der Waals surface area contributed by atoms with Gasteiger partial charge in [-0.15, -0.1) is 0 Å². The summed E-state index contributed by atoms with van der Waals surface area (Å²) in [6, 6.07) is 50.7. The van der Waals surface area contributed by atoms with Gasteiger partial charge in [-0.25, -0.2) is 0 Å². The predicted octanol–water partition coefficient (Wildman–Crippen LogP) is 11.3. The minimum atomic E-state index is 1.16. The fraction of sp³-hybridized carbons (Fsp3) is 0.100. The van der Waals surface area contributed by atoms with Crippen LogP contribution in [-0.2, 0) is 0 Å². The summed E-state index contributed by atoms with van der Waals surface area (Å²) >= 11 is 0. The summed E-state index contributed by atoms with van der Waals surface area (Å²) in [5, 5.41) is 5.08. The fourth-order valence-corrected chi connectivity index (χ4v) is 6.25. The van der Waals surface area contributed by atoms with Gasteiger partial charge in [0.2, 0.25) is 0 Å². The van der Waals surface area contributed by atoms with Gasteiger partial charge in [0.1, 0.15) is 0 Å². The van der Waals surface area contributed by atoms with Gasteiger partial charge in [-0.3, -0.25) is 0 Å². The Balaban J connectivity index is 0.000000923. The normalized spacial score (nSPS) is 11.3. The van der Waals surface area contributed by atoms with Crippen LogP contribution in [0.1, 0.15) is 25.8 Å². The lowest BCUT2D eigenvalue weighted by Gasteiger charge is -2.16. The molecule has 8 rings (SSSR count). The first-order valence-electron chi connectivity index (χ1n) is 14.9. The highest BCUT2D eigenvalue weighted by atomic mass is 15.0. The molecule has 0 atom stereocenters. The molecule has 2 aromatic heterocycles. The number of fused-ring (bicyclic) bond motifs is 6. The van der Waals surface area contributed by atoms with Crippen molar-refractivity contribution in [1.82, 2.24) is 9.13 Å². The zero-order valence-corrected chi connectivity index (χ0v) is 24.4. The second-order valence-corrected chi connectivity index (χ2v) is 11.1. The largest absolute Gasteiger partial charge is 0.309 e. The standard InChI is InChI=1S/C37H26N2.C3H8/c1-25-11-10-12-26(21-25)27-22-28(38-34-17-6-2-13-30(34)31-14-3-7-18-35(31)38)24-29(23-27)39-36-19-8-4-15-32(36)33-16-5-9-20-37(33)39;1-3-2/h2-24H,1H3;3H2,1-2H3. The van der Waals surface area contributed by atoms with E-state index in [1.165, 1.54) is 66.7 Å². The Morgan fingerprint density at radius 3 is 1.17 bits per heavy atom. The maximum atomic E-state index is 2.42. The van der Waals surface area contributed by atoms with Crippen LogP contribution in [0.3, 0.4) is 0 Å². The molecule has 204 valence electrons. The van der Waals surface area contributed by atoms with E-state index in [4.69, 9.17) is 0 Å². The highest BCUT2D eigenvalue weighted by molar-refractivity contribution is 6.10. The SMILES string of the molecule is CCC.Cc1cccc(-c2cc(-n3c4ccccc4c4ccccc43)cc(-n3c4ccccc4c4ccccc43)c2)c1. The third-order valence-electron chi connectivity index (χ3n) is 7.93. The molecule has 2 nitrogen and oxygen atoms in total. The Kier molecular flexibility index (Phi) is 6.60. The molecule has 0 unspecified atom stereocenters. The monoisotopic (exact) mass is 542 g/mol. The van der Waals surface area contributed by atoms with Crippen LogP contribution in [-0.4, -0.2) is 9.13 Å². The van der Waals surface area contributed by atoms with Gasteiger partial charge in [-0.05, 0) is 60.5 Å². The van der Waals surface area contributed by atoms with Crippen LogP contribution in [0.4, 0.5) is 0 Å². The molecule has 0 spiro atoms. The maximum Gasteiger partial charge on any atom is 0.0541 e. The third kappa shape index (κ3) is 4.28. The summed E-state index contributed by atoms with van der Waals surface area (Å²) in [5.41, 5.74) is 10.9. The van der Waals surface area contributed by atoms with Gasteiger partial charge in [-0.2, -0.15) is 0 Å². The smallest absolute Gasteiger partial charge is 0.0541 e. The van der Waals surface area contributed by atoms with Crippen molar-refractivity contribution in [2.75, 3.05) is 0 Å². The summed E-state index contributed by atoms with van der Waals surface area (Å²) < 4.78 is 4.84. The highest BCUT2D eigenvalue weighted by Gasteiger charge is 2.17. The molecule has 0 aliphatic heterocycles. The number of hydrogen-bond donors (Lipinski definition) is 0. The van der Waals surface area contributed by atoms with Gasteiger partial charge in [-0.1, -0.05) is 123 Å². The van der Waals surface area contributed by atoms with Crippen LogP contribution >= 0.6 is 0 Å². The van der Waals surface area contributed by atoms with Crippen LogP contribution in [0.2, 0.25) is 0 Å². The predicted molar refractivity (Wildman–Crippen MR) is 181 cm³/mol. The van der Waals surface area contributed by atoms with Crippen molar-refractivity contribution in [3.05, 3.63) is 145 Å².